The van der Waals surface area contributed by atoms with Crippen molar-refractivity contribution in [2.45, 2.75) is 64.7 Å². The quantitative estimate of drug-likeness (QED) is 0.290. The van der Waals surface area contributed by atoms with Crippen LogP contribution in [0.1, 0.15) is 64.7 Å². The summed E-state index contributed by atoms with van der Waals surface area (Å²) < 4.78 is 0. The SMILES string of the molecule is CC/C(S)=C/C(=C/NC(=O)CC1(CC(=O)O)CCCC1)CC(=O)C1=CC=C(Cl)CC=C1. The fourth-order valence-electron chi connectivity index (χ4n) is 3.96. The lowest BCUT2D eigenvalue weighted by molar-refractivity contribution is -0.140. The van der Waals surface area contributed by atoms with Gasteiger partial charge in [0.05, 0.1) is 6.42 Å². The van der Waals surface area contributed by atoms with Crippen molar-refractivity contribution in [2.75, 3.05) is 0 Å². The molecule has 0 saturated heterocycles. The van der Waals surface area contributed by atoms with Gasteiger partial charge in [-0.15, -0.1) is 12.6 Å². The Morgan fingerprint density at radius 3 is 2.58 bits per heavy atom. The first-order valence-corrected chi connectivity index (χ1v) is 11.4. The lowest BCUT2D eigenvalue weighted by Crippen LogP contribution is -2.30. The summed E-state index contributed by atoms with van der Waals surface area (Å²) in [6, 6.07) is 0. The molecule has 168 valence electrons. The summed E-state index contributed by atoms with van der Waals surface area (Å²) in [5, 5.41) is 12.7. The number of Topliss-reactive ketones (excluding diaryl/α,β-unsaturated/α-hetero) is 1. The van der Waals surface area contributed by atoms with Crippen LogP contribution in [-0.4, -0.2) is 22.8 Å². The Bertz CT molecular complexity index is 861. The van der Waals surface area contributed by atoms with Crippen molar-refractivity contribution < 1.29 is 19.5 Å². The number of hydrogen-bond acceptors (Lipinski definition) is 4. The molecule has 1 fully saturated rings. The molecule has 0 heterocycles. The molecule has 2 N–H and O–H groups in total. The predicted molar refractivity (Wildman–Crippen MR) is 127 cm³/mol. The van der Waals surface area contributed by atoms with Crippen LogP contribution in [-0.2, 0) is 14.4 Å². The van der Waals surface area contributed by atoms with E-state index in [2.05, 4.69) is 17.9 Å². The first-order chi connectivity index (χ1) is 14.7. The number of carboxylic acids is 1. The Labute approximate surface area is 194 Å². The van der Waals surface area contributed by atoms with Crippen LogP contribution in [0.5, 0.6) is 0 Å². The van der Waals surface area contributed by atoms with Gasteiger partial charge < -0.3 is 10.4 Å². The standard InChI is InChI=1S/C24H30ClNO4S/c1-2-20(31)12-17(13-21(27)18-6-5-7-19(25)9-8-18)16-26-22(28)14-24(15-23(29)30)10-3-4-11-24/h5-6,8-9,12,16,31H,2-4,7,10-11,13-15H2,1H3,(H,26,28)(H,29,30)/b17-16-,20-12-. The third-order valence-electron chi connectivity index (χ3n) is 5.60. The molecule has 0 aromatic rings. The molecule has 2 rings (SSSR count). The zero-order valence-corrected chi connectivity index (χ0v) is 19.5. The van der Waals surface area contributed by atoms with Crippen LogP contribution < -0.4 is 5.32 Å². The molecule has 5 nitrogen and oxygen atoms in total. The highest BCUT2D eigenvalue weighted by molar-refractivity contribution is 7.84. The van der Waals surface area contributed by atoms with E-state index in [1.165, 1.54) is 0 Å². The molecule has 2 aliphatic carbocycles. The van der Waals surface area contributed by atoms with Gasteiger partial charge in [0.1, 0.15) is 0 Å². The number of aliphatic carboxylic acids is 1. The van der Waals surface area contributed by atoms with Gasteiger partial charge in [-0.2, -0.15) is 0 Å². The van der Waals surface area contributed by atoms with Gasteiger partial charge in [-0.25, -0.2) is 0 Å². The second-order valence-corrected chi connectivity index (χ2v) is 9.23. The van der Waals surface area contributed by atoms with Gasteiger partial charge in [0.25, 0.3) is 0 Å². The molecule has 31 heavy (non-hydrogen) atoms. The number of carbonyl (C=O) groups is 3. The van der Waals surface area contributed by atoms with Gasteiger partial charge in [0, 0.05) is 36.1 Å². The highest BCUT2D eigenvalue weighted by atomic mass is 35.5. The van der Waals surface area contributed by atoms with Gasteiger partial charge in [0.2, 0.25) is 5.91 Å². The number of rotatable bonds is 10. The van der Waals surface area contributed by atoms with Crippen molar-refractivity contribution >= 4 is 41.9 Å². The van der Waals surface area contributed by atoms with Gasteiger partial charge >= 0.3 is 5.97 Å². The third kappa shape index (κ3) is 8.54. The van der Waals surface area contributed by atoms with E-state index in [-0.39, 0.29) is 31.0 Å². The summed E-state index contributed by atoms with van der Waals surface area (Å²) in [5.41, 5.74) is 0.706. The predicted octanol–water partition coefficient (Wildman–Crippen LogP) is 5.60. The topological polar surface area (TPSA) is 83.5 Å². The largest absolute Gasteiger partial charge is 0.481 e. The van der Waals surface area contributed by atoms with Crippen molar-refractivity contribution in [1.82, 2.24) is 5.32 Å². The van der Waals surface area contributed by atoms with E-state index in [1.807, 2.05) is 13.0 Å². The maximum Gasteiger partial charge on any atom is 0.303 e. The van der Waals surface area contributed by atoms with E-state index in [0.717, 1.165) is 30.6 Å². The number of carbonyl (C=O) groups excluding carboxylic acids is 2. The lowest BCUT2D eigenvalue weighted by Gasteiger charge is -2.26. The molecule has 0 aromatic heterocycles. The molecule has 0 unspecified atom stereocenters. The highest BCUT2D eigenvalue weighted by Crippen LogP contribution is 2.44. The van der Waals surface area contributed by atoms with Crippen LogP contribution in [0.2, 0.25) is 0 Å². The Hall–Kier alpha value is -2.05. The maximum atomic E-state index is 12.8. The Kier molecular flexibility index (Phi) is 9.85. The molecule has 0 aromatic carbocycles. The first kappa shape index (κ1) is 25.2. The minimum absolute atomic E-state index is 0.00255. The van der Waals surface area contributed by atoms with Crippen molar-refractivity contribution in [2.24, 2.45) is 5.41 Å². The summed E-state index contributed by atoms with van der Waals surface area (Å²) in [7, 11) is 0. The average molecular weight is 464 g/mol. The molecule has 7 heteroatoms. The van der Waals surface area contributed by atoms with Gasteiger partial charge in [-0.05, 0) is 47.3 Å². The second-order valence-electron chi connectivity index (χ2n) is 8.17. The van der Waals surface area contributed by atoms with E-state index in [4.69, 9.17) is 11.6 Å². The molecule has 0 spiro atoms. The zero-order valence-electron chi connectivity index (χ0n) is 17.8. The number of allylic oxidation sites excluding steroid dienone is 9. The summed E-state index contributed by atoms with van der Waals surface area (Å²) in [6.45, 7) is 1.95. The summed E-state index contributed by atoms with van der Waals surface area (Å²) in [5.74, 6) is -1.20. The van der Waals surface area contributed by atoms with E-state index in [9.17, 15) is 19.5 Å². The minimum atomic E-state index is -0.874. The maximum absolute atomic E-state index is 12.8. The van der Waals surface area contributed by atoms with E-state index in [0.29, 0.717) is 29.0 Å². The molecule has 0 radical (unpaired) electrons. The van der Waals surface area contributed by atoms with Crippen molar-refractivity contribution in [3.05, 3.63) is 57.7 Å². The Balaban J connectivity index is 2.11. The molecule has 0 atom stereocenters. The minimum Gasteiger partial charge on any atom is -0.481 e. The lowest BCUT2D eigenvalue weighted by atomic mass is 9.79. The fourth-order valence-corrected chi connectivity index (χ4v) is 4.28. The van der Waals surface area contributed by atoms with Gasteiger partial charge in [0.15, 0.2) is 5.78 Å². The number of carboxylic acid groups (broad SMARTS) is 1. The van der Waals surface area contributed by atoms with Gasteiger partial charge in [-0.1, -0.05) is 49.6 Å². The highest BCUT2D eigenvalue weighted by Gasteiger charge is 2.37. The molecule has 1 amide bonds. The number of thiol groups is 1. The van der Waals surface area contributed by atoms with Crippen LogP contribution in [0, 0.1) is 5.41 Å². The summed E-state index contributed by atoms with van der Waals surface area (Å²) in [6.07, 6.45) is 15.3. The monoisotopic (exact) mass is 463 g/mol. The molecule has 0 aliphatic heterocycles. The van der Waals surface area contributed by atoms with Crippen LogP contribution in [0.15, 0.2) is 57.7 Å². The zero-order chi connectivity index (χ0) is 22.9. The normalized spacial score (nSPS) is 18.8. The van der Waals surface area contributed by atoms with Crippen molar-refractivity contribution in [1.29, 1.82) is 0 Å². The van der Waals surface area contributed by atoms with E-state index >= 15 is 0 Å². The first-order valence-electron chi connectivity index (χ1n) is 10.6. The number of nitrogens with one attached hydrogen (secondary N) is 1. The number of ketones is 1. The number of amides is 1. The number of halogens is 1. The average Bonchev–Trinajstić information content (AvgIpc) is 3.03. The second kappa shape index (κ2) is 12.1. The molecule has 2 aliphatic rings. The third-order valence-corrected chi connectivity index (χ3v) is 6.33. The molecular formula is C24H30ClNO4S. The van der Waals surface area contributed by atoms with Crippen LogP contribution in [0.25, 0.3) is 0 Å². The summed E-state index contributed by atoms with van der Waals surface area (Å²) >= 11 is 10.4. The Morgan fingerprint density at radius 1 is 1.23 bits per heavy atom. The van der Waals surface area contributed by atoms with Crippen LogP contribution in [0.4, 0.5) is 0 Å². The van der Waals surface area contributed by atoms with Gasteiger partial charge in [-0.3, -0.25) is 14.4 Å². The van der Waals surface area contributed by atoms with Crippen molar-refractivity contribution in [3.8, 4) is 0 Å². The van der Waals surface area contributed by atoms with E-state index < -0.39 is 11.4 Å². The molecule has 0 bridgehead atoms. The van der Waals surface area contributed by atoms with Crippen molar-refractivity contribution in [3.63, 3.8) is 0 Å². The molecular weight excluding hydrogens is 434 g/mol. The number of hydrogen-bond donors (Lipinski definition) is 3. The fraction of sp³-hybridized carbons (Fsp3) is 0.458. The smallest absolute Gasteiger partial charge is 0.303 e. The summed E-state index contributed by atoms with van der Waals surface area (Å²) in [4.78, 5) is 37.4. The van der Waals surface area contributed by atoms with Crippen LogP contribution >= 0.6 is 24.2 Å². The van der Waals surface area contributed by atoms with Crippen LogP contribution in [0.3, 0.4) is 0 Å². The molecule has 1 saturated carbocycles. The Morgan fingerprint density at radius 2 is 1.94 bits per heavy atom. The van der Waals surface area contributed by atoms with E-state index in [1.54, 1.807) is 30.5 Å².